The summed E-state index contributed by atoms with van der Waals surface area (Å²) in [5.74, 6) is 3.22. The van der Waals surface area contributed by atoms with Crippen LogP contribution in [-0.4, -0.2) is 24.2 Å². The second-order valence-corrected chi connectivity index (χ2v) is 6.71. The van der Waals surface area contributed by atoms with Gasteiger partial charge in [-0.3, -0.25) is 0 Å². The summed E-state index contributed by atoms with van der Waals surface area (Å²) < 4.78 is 10.6. The molecule has 6 nitrogen and oxygen atoms in total. The summed E-state index contributed by atoms with van der Waals surface area (Å²) in [5, 5.41) is 6.56. The standard InChI is InChI=1S/C22H26N4O2/c1-15(2)17-6-8-18(9-7-17)25-22-23-12-11-21(26-22)24-14-16-5-10-19(27-3)20(13-16)28-4/h5-13,15H,14H2,1-4H3,(H2,23,24,25,26). The van der Waals surface area contributed by atoms with Gasteiger partial charge >= 0.3 is 0 Å². The van der Waals surface area contributed by atoms with E-state index < -0.39 is 0 Å². The van der Waals surface area contributed by atoms with E-state index in [1.807, 2.05) is 36.4 Å². The van der Waals surface area contributed by atoms with Crippen LogP contribution >= 0.6 is 0 Å². The maximum absolute atomic E-state index is 5.35. The number of benzene rings is 2. The molecular weight excluding hydrogens is 352 g/mol. The fourth-order valence-corrected chi connectivity index (χ4v) is 2.78. The van der Waals surface area contributed by atoms with E-state index in [1.54, 1.807) is 20.4 Å². The van der Waals surface area contributed by atoms with Crippen LogP contribution in [-0.2, 0) is 6.54 Å². The third-order valence-electron chi connectivity index (χ3n) is 4.41. The molecule has 0 aliphatic heterocycles. The SMILES string of the molecule is COc1ccc(CNc2ccnc(Nc3ccc(C(C)C)cc3)n2)cc1OC. The van der Waals surface area contributed by atoms with Gasteiger partial charge in [-0.05, 0) is 47.4 Å². The third kappa shape index (κ3) is 4.91. The van der Waals surface area contributed by atoms with E-state index in [9.17, 15) is 0 Å². The van der Waals surface area contributed by atoms with E-state index in [0.717, 1.165) is 17.1 Å². The number of hydrogen-bond donors (Lipinski definition) is 2. The van der Waals surface area contributed by atoms with Crippen molar-refractivity contribution in [2.24, 2.45) is 0 Å². The van der Waals surface area contributed by atoms with Gasteiger partial charge in [0.05, 0.1) is 14.2 Å². The van der Waals surface area contributed by atoms with Crippen LogP contribution in [0.4, 0.5) is 17.5 Å². The highest BCUT2D eigenvalue weighted by molar-refractivity contribution is 5.55. The Bertz CT molecular complexity index is 911. The van der Waals surface area contributed by atoms with Gasteiger partial charge < -0.3 is 20.1 Å². The molecule has 0 bridgehead atoms. The number of rotatable bonds is 8. The van der Waals surface area contributed by atoms with Crippen LogP contribution < -0.4 is 20.1 Å². The molecule has 3 rings (SSSR count). The average molecular weight is 378 g/mol. The summed E-state index contributed by atoms with van der Waals surface area (Å²) >= 11 is 0. The van der Waals surface area contributed by atoms with E-state index in [4.69, 9.17) is 9.47 Å². The Morgan fingerprint density at radius 3 is 2.36 bits per heavy atom. The Kier molecular flexibility index (Phi) is 6.32. The Morgan fingerprint density at radius 2 is 1.68 bits per heavy atom. The zero-order valence-corrected chi connectivity index (χ0v) is 16.7. The molecule has 0 radical (unpaired) electrons. The fourth-order valence-electron chi connectivity index (χ4n) is 2.78. The number of methoxy groups -OCH3 is 2. The fraction of sp³-hybridized carbons (Fsp3) is 0.273. The molecule has 6 heteroatoms. The Balaban J connectivity index is 1.65. The summed E-state index contributed by atoms with van der Waals surface area (Å²) in [5.41, 5.74) is 3.33. The van der Waals surface area contributed by atoms with Gasteiger partial charge in [0.25, 0.3) is 0 Å². The van der Waals surface area contributed by atoms with Crippen molar-refractivity contribution in [3.05, 3.63) is 65.9 Å². The molecule has 3 aromatic rings. The molecule has 0 atom stereocenters. The number of ether oxygens (including phenoxy) is 2. The average Bonchev–Trinajstić information content (AvgIpc) is 2.72. The predicted octanol–water partition coefficient (Wildman–Crippen LogP) is 4.97. The van der Waals surface area contributed by atoms with Crippen molar-refractivity contribution in [2.75, 3.05) is 24.9 Å². The largest absolute Gasteiger partial charge is 0.493 e. The first-order chi connectivity index (χ1) is 13.6. The third-order valence-corrected chi connectivity index (χ3v) is 4.41. The molecule has 0 saturated heterocycles. The van der Waals surface area contributed by atoms with Gasteiger partial charge in [0.15, 0.2) is 11.5 Å². The highest BCUT2D eigenvalue weighted by atomic mass is 16.5. The maximum atomic E-state index is 5.35. The number of anilines is 3. The normalized spacial score (nSPS) is 10.6. The van der Waals surface area contributed by atoms with Gasteiger partial charge in [0.1, 0.15) is 5.82 Å². The summed E-state index contributed by atoms with van der Waals surface area (Å²) in [6.45, 7) is 4.97. The molecule has 2 N–H and O–H groups in total. The highest BCUT2D eigenvalue weighted by Gasteiger charge is 2.06. The van der Waals surface area contributed by atoms with Crippen LogP contribution in [0.3, 0.4) is 0 Å². The van der Waals surface area contributed by atoms with Crippen molar-refractivity contribution in [1.82, 2.24) is 9.97 Å². The molecular formula is C22H26N4O2. The van der Waals surface area contributed by atoms with E-state index >= 15 is 0 Å². The van der Waals surface area contributed by atoms with Crippen molar-refractivity contribution in [3.63, 3.8) is 0 Å². The molecule has 1 heterocycles. The first kappa shape index (κ1) is 19.5. The molecule has 0 aliphatic carbocycles. The van der Waals surface area contributed by atoms with Crippen LogP contribution in [0.2, 0.25) is 0 Å². The summed E-state index contributed by atoms with van der Waals surface area (Å²) in [7, 11) is 3.26. The lowest BCUT2D eigenvalue weighted by atomic mass is 10.0. The lowest BCUT2D eigenvalue weighted by Gasteiger charge is -2.11. The van der Waals surface area contributed by atoms with Gasteiger partial charge in [0.2, 0.25) is 5.95 Å². The maximum Gasteiger partial charge on any atom is 0.229 e. The second-order valence-electron chi connectivity index (χ2n) is 6.71. The minimum Gasteiger partial charge on any atom is -0.493 e. The predicted molar refractivity (Wildman–Crippen MR) is 113 cm³/mol. The van der Waals surface area contributed by atoms with Gasteiger partial charge in [0, 0.05) is 18.4 Å². The Hall–Kier alpha value is -3.28. The molecule has 0 saturated carbocycles. The van der Waals surface area contributed by atoms with Crippen molar-refractivity contribution in [1.29, 1.82) is 0 Å². The zero-order chi connectivity index (χ0) is 19.9. The summed E-state index contributed by atoms with van der Waals surface area (Å²) in [6, 6.07) is 16.0. The van der Waals surface area contributed by atoms with E-state index in [-0.39, 0.29) is 0 Å². The summed E-state index contributed by atoms with van der Waals surface area (Å²) in [6.07, 6.45) is 1.73. The van der Waals surface area contributed by atoms with E-state index in [2.05, 4.69) is 46.6 Å². The molecule has 0 aliphatic rings. The summed E-state index contributed by atoms with van der Waals surface area (Å²) in [4.78, 5) is 8.83. The van der Waals surface area contributed by atoms with E-state index in [1.165, 1.54) is 5.56 Å². The van der Waals surface area contributed by atoms with Crippen LogP contribution in [0.15, 0.2) is 54.7 Å². The number of aromatic nitrogens is 2. The molecule has 146 valence electrons. The van der Waals surface area contributed by atoms with Crippen molar-refractivity contribution >= 4 is 17.5 Å². The zero-order valence-electron chi connectivity index (χ0n) is 16.7. The number of nitrogens with one attached hydrogen (secondary N) is 2. The van der Waals surface area contributed by atoms with E-state index in [0.29, 0.717) is 29.9 Å². The monoisotopic (exact) mass is 378 g/mol. The van der Waals surface area contributed by atoms with Gasteiger partial charge in [-0.2, -0.15) is 4.98 Å². The molecule has 0 amide bonds. The first-order valence-electron chi connectivity index (χ1n) is 9.24. The lowest BCUT2D eigenvalue weighted by Crippen LogP contribution is -2.04. The molecule has 0 fully saturated rings. The minimum atomic E-state index is 0.509. The van der Waals surface area contributed by atoms with Crippen molar-refractivity contribution < 1.29 is 9.47 Å². The Labute approximate surface area is 166 Å². The van der Waals surface area contributed by atoms with Crippen LogP contribution in [0, 0.1) is 0 Å². The quantitative estimate of drug-likeness (QED) is 0.577. The van der Waals surface area contributed by atoms with Crippen LogP contribution in [0.25, 0.3) is 0 Å². The van der Waals surface area contributed by atoms with Crippen LogP contribution in [0.1, 0.15) is 30.9 Å². The topological polar surface area (TPSA) is 68.3 Å². The molecule has 2 aromatic carbocycles. The lowest BCUT2D eigenvalue weighted by molar-refractivity contribution is 0.354. The highest BCUT2D eigenvalue weighted by Crippen LogP contribution is 2.27. The number of hydrogen-bond acceptors (Lipinski definition) is 6. The second kappa shape index (κ2) is 9.08. The minimum absolute atomic E-state index is 0.509. The molecule has 1 aromatic heterocycles. The number of nitrogens with zero attached hydrogens (tertiary/aromatic N) is 2. The van der Waals surface area contributed by atoms with Crippen molar-refractivity contribution in [2.45, 2.75) is 26.3 Å². The molecule has 0 spiro atoms. The molecule has 0 unspecified atom stereocenters. The first-order valence-corrected chi connectivity index (χ1v) is 9.24. The van der Waals surface area contributed by atoms with Crippen LogP contribution in [0.5, 0.6) is 11.5 Å². The van der Waals surface area contributed by atoms with Gasteiger partial charge in [-0.25, -0.2) is 4.98 Å². The smallest absolute Gasteiger partial charge is 0.229 e. The van der Waals surface area contributed by atoms with Gasteiger partial charge in [-0.15, -0.1) is 0 Å². The van der Waals surface area contributed by atoms with Crippen molar-refractivity contribution in [3.8, 4) is 11.5 Å². The van der Waals surface area contributed by atoms with Gasteiger partial charge in [-0.1, -0.05) is 32.0 Å². The Morgan fingerprint density at radius 1 is 0.929 bits per heavy atom. The molecule has 28 heavy (non-hydrogen) atoms.